The Kier molecular flexibility index (Phi) is 3.40. The largest absolute Gasteiger partial charge is 0.365 e. The number of aromatic nitrogens is 2. The Labute approximate surface area is 105 Å². The summed E-state index contributed by atoms with van der Waals surface area (Å²) >= 11 is 4.87. The van der Waals surface area contributed by atoms with Gasteiger partial charge in [-0.25, -0.2) is 4.98 Å². The van der Waals surface area contributed by atoms with Crippen molar-refractivity contribution in [3.63, 3.8) is 0 Å². The fourth-order valence-corrected chi connectivity index (χ4v) is 2.47. The molecule has 0 saturated heterocycles. The highest BCUT2D eigenvalue weighted by Crippen LogP contribution is 2.17. The lowest BCUT2D eigenvalue weighted by molar-refractivity contribution is 1.04. The minimum absolute atomic E-state index is 0.181. The maximum atomic E-state index is 11.3. The highest BCUT2D eigenvalue weighted by Gasteiger charge is 2.05. The number of anilines is 1. The summed E-state index contributed by atoms with van der Waals surface area (Å²) in [6.45, 7) is 2.73. The molecular formula is C10H10BrN3OS. The van der Waals surface area contributed by atoms with Crippen molar-refractivity contribution in [3.8, 4) is 0 Å². The molecule has 0 aliphatic rings. The van der Waals surface area contributed by atoms with E-state index in [-0.39, 0.29) is 5.56 Å². The molecule has 0 unspecified atom stereocenters. The number of halogens is 1. The van der Waals surface area contributed by atoms with Crippen molar-refractivity contribution in [2.24, 2.45) is 0 Å². The highest BCUT2D eigenvalue weighted by molar-refractivity contribution is 9.10. The van der Waals surface area contributed by atoms with Gasteiger partial charge in [0.1, 0.15) is 10.3 Å². The molecule has 2 N–H and O–H groups in total. The van der Waals surface area contributed by atoms with Gasteiger partial charge in [0.05, 0.1) is 6.33 Å². The molecule has 84 valence electrons. The zero-order valence-corrected chi connectivity index (χ0v) is 11.0. The fourth-order valence-electron chi connectivity index (χ4n) is 1.25. The molecular weight excluding hydrogens is 290 g/mol. The second-order valence-electron chi connectivity index (χ2n) is 3.33. The molecule has 2 rings (SSSR count). The number of nitrogens with zero attached hydrogens (tertiary/aromatic N) is 1. The number of hydrogen-bond donors (Lipinski definition) is 2. The highest BCUT2D eigenvalue weighted by atomic mass is 79.9. The summed E-state index contributed by atoms with van der Waals surface area (Å²) in [6.07, 6.45) is 1.38. The monoisotopic (exact) mass is 299 g/mol. The lowest BCUT2D eigenvalue weighted by Gasteiger charge is -2.05. The van der Waals surface area contributed by atoms with E-state index in [1.54, 1.807) is 11.3 Å². The topological polar surface area (TPSA) is 57.8 Å². The van der Waals surface area contributed by atoms with Gasteiger partial charge in [-0.05, 0) is 44.7 Å². The van der Waals surface area contributed by atoms with E-state index in [9.17, 15) is 4.79 Å². The van der Waals surface area contributed by atoms with Crippen LogP contribution < -0.4 is 10.9 Å². The maximum absolute atomic E-state index is 11.3. The Morgan fingerprint density at radius 2 is 2.38 bits per heavy atom. The SMILES string of the molecule is Cc1cscc1CNc1nc[nH]c(=O)c1Br. The van der Waals surface area contributed by atoms with Crippen LogP contribution in [0.3, 0.4) is 0 Å². The summed E-state index contributed by atoms with van der Waals surface area (Å²) in [4.78, 5) is 17.8. The van der Waals surface area contributed by atoms with E-state index < -0.39 is 0 Å². The van der Waals surface area contributed by atoms with Crippen LogP contribution in [0.1, 0.15) is 11.1 Å². The lowest BCUT2D eigenvalue weighted by Crippen LogP contribution is -2.12. The molecule has 0 aromatic carbocycles. The van der Waals surface area contributed by atoms with Gasteiger partial charge in [-0.15, -0.1) is 0 Å². The van der Waals surface area contributed by atoms with Crippen molar-refractivity contribution in [1.29, 1.82) is 0 Å². The molecule has 0 amide bonds. The van der Waals surface area contributed by atoms with Gasteiger partial charge in [0, 0.05) is 6.54 Å². The standard InChI is InChI=1S/C10H10BrN3OS/c1-6-3-16-4-7(6)2-12-9-8(11)10(15)14-5-13-9/h3-5H,2H2,1H3,(H2,12,13,14,15). The second kappa shape index (κ2) is 4.80. The summed E-state index contributed by atoms with van der Waals surface area (Å²) < 4.78 is 0.433. The van der Waals surface area contributed by atoms with Crippen LogP contribution in [-0.4, -0.2) is 9.97 Å². The third-order valence-corrected chi connectivity index (χ3v) is 3.85. The van der Waals surface area contributed by atoms with E-state index in [0.717, 1.165) is 0 Å². The summed E-state index contributed by atoms with van der Waals surface area (Å²) in [7, 11) is 0. The molecule has 2 heterocycles. The first-order chi connectivity index (χ1) is 7.68. The van der Waals surface area contributed by atoms with Crippen LogP contribution in [0.25, 0.3) is 0 Å². The Morgan fingerprint density at radius 3 is 3.06 bits per heavy atom. The number of aryl methyl sites for hydroxylation is 1. The van der Waals surface area contributed by atoms with E-state index in [0.29, 0.717) is 16.8 Å². The summed E-state index contributed by atoms with van der Waals surface area (Å²) in [6, 6.07) is 0. The molecule has 0 saturated carbocycles. The predicted molar refractivity (Wildman–Crippen MR) is 68.9 cm³/mol. The Balaban J connectivity index is 2.14. The molecule has 6 heteroatoms. The van der Waals surface area contributed by atoms with Gasteiger partial charge in [-0.1, -0.05) is 0 Å². The molecule has 2 aromatic rings. The minimum atomic E-state index is -0.181. The minimum Gasteiger partial charge on any atom is -0.365 e. The number of nitrogens with one attached hydrogen (secondary N) is 2. The van der Waals surface area contributed by atoms with E-state index in [4.69, 9.17) is 0 Å². The molecule has 0 fully saturated rings. The van der Waals surface area contributed by atoms with Crippen LogP contribution in [0.4, 0.5) is 5.82 Å². The van der Waals surface area contributed by atoms with Crippen molar-refractivity contribution in [3.05, 3.63) is 43.0 Å². The first-order valence-corrected chi connectivity index (χ1v) is 6.41. The summed E-state index contributed by atoms with van der Waals surface area (Å²) in [5.74, 6) is 0.564. The van der Waals surface area contributed by atoms with Gasteiger partial charge in [0.2, 0.25) is 0 Å². The molecule has 0 aliphatic heterocycles. The lowest BCUT2D eigenvalue weighted by atomic mass is 10.2. The Morgan fingerprint density at radius 1 is 1.56 bits per heavy atom. The summed E-state index contributed by atoms with van der Waals surface area (Å²) in [5.41, 5.74) is 2.29. The number of aromatic amines is 1. The van der Waals surface area contributed by atoms with Gasteiger partial charge < -0.3 is 10.3 Å². The van der Waals surface area contributed by atoms with E-state index in [2.05, 4.69) is 48.9 Å². The first-order valence-electron chi connectivity index (χ1n) is 4.67. The molecule has 0 aliphatic carbocycles. The normalized spacial score (nSPS) is 10.4. The van der Waals surface area contributed by atoms with Gasteiger partial charge >= 0.3 is 0 Å². The van der Waals surface area contributed by atoms with Crippen LogP contribution in [-0.2, 0) is 6.54 Å². The third-order valence-electron chi connectivity index (χ3n) is 2.20. The second-order valence-corrected chi connectivity index (χ2v) is 4.86. The van der Waals surface area contributed by atoms with Crippen molar-refractivity contribution < 1.29 is 0 Å². The molecule has 16 heavy (non-hydrogen) atoms. The van der Waals surface area contributed by atoms with Crippen LogP contribution >= 0.6 is 27.3 Å². The molecule has 2 aromatic heterocycles. The van der Waals surface area contributed by atoms with Gasteiger partial charge in [-0.3, -0.25) is 4.79 Å². The molecule has 0 radical (unpaired) electrons. The van der Waals surface area contributed by atoms with Crippen LogP contribution in [0, 0.1) is 6.92 Å². The smallest absolute Gasteiger partial charge is 0.267 e. The van der Waals surface area contributed by atoms with Gasteiger partial charge in [-0.2, -0.15) is 11.3 Å². The third kappa shape index (κ3) is 2.33. The average Bonchev–Trinajstić information content (AvgIpc) is 2.67. The van der Waals surface area contributed by atoms with Crippen LogP contribution in [0.5, 0.6) is 0 Å². The fraction of sp³-hybridized carbons (Fsp3) is 0.200. The number of rotatable bonds is 3. The zero-order chi connectivity index (χ0) is 11.5. The molecule has 0 bridgehead atoms. The quantitative estimate of drug-likeness (QED) is 0.915. The van der Waals surface area contributed by atoms with Crippen molar-refractivity contribution in [2.75, 3.05) is 5.32 Å². The molecule has 0 atom stereocenters. The molecule has 4 nitrogen and oxygen atoms in total. The van der Waals surface area contributed by atoms with Crippen molar-refractivity contribution in [1.82, 2.24) is 9.97 Å². The van der Waals surface area contributed by atoms with Gasteiger partial charge in [0.15, 0.2) is 0 Å². The number of hydrogen-bond acceptors (Lipinski definition) is 4. The van der Waals surface area contributed by atoms with Crippen LogP contribution in [0.2, 0.25) is 0 Å². The van der Waals surface area contributed by atoms with Crippen molar-refractivity contribution in [2.45, 2.75) is 13.5 Å². The Hall–Kier alpha value is -1.14. The van der Waals surface area contributed by atoms with Crippen LogP contribution in [0.15, 0.2) is 26.4 Å². The predicted octanol–water partition coefficient (Wildman–Crippen LogP) is 2.51. The summed E-state index contributed by atoms with van der Waals surface area (Å²) in [5, 5.41) is 7.31. The Bertz CT molecular complexity index is 549. The van der Waals surface area contributed by atoms with E-state index in [1.807, 2.05) is 0 Å². The number of thiophene rings is 1. The molecule has 0 spiro atoms. The average molecular weight is 300 g/mol. The first kappa shape index (κ1) is 11.3. The van der Waals surface area contributed by atoms with Gasteiger partial charge in [0.25, 0.3) is 5.56 Å². The zero-order valence-electron chi connectivity index (χ0n) is 8.58. The van der Waals surface area contributed by atoms with Crippen molar-refractivity contribution >= 4 is 33.1 Å². The van der Waals surface area contributed by atoms with E-state index in [1.165, 1.54) is 17.5 Å². The number of H-pyrrole nitrogens is 1. The van der Waals surface area contributed by atoms with E-state index >= 15 is 0 Å². The maximum Gasteiger partial charge on any atom is 0.267 e.